The van der Waals surface area contributed by atoms with Gasteiger partial charge in [0.25, 0.3) is 5.91 Å². The zero-order valence-electron chi connectivity index (χ0n) is 21.4. The van der Waals surface area contributed by atoms with Crippen LogP contribution >= 0.6 is 23.1 Å². The average Bonchev–Trinajstić information content (AvgIpc) is 3.43. The number of aromatic nitrogens is 3. The predicted octanol–water partition coefficient (Wildman–Crippen LogP) is 4.12. The van der Waals surface area contributed by atoms with Gasteiger partial charge >= 0.3 is 5.97 Å². The van der Waals surface area contributed by atoms with Gasteiger partial charge in [0.15, 0.2) is 11.0 Å². The van der Waals surface area contributed by atoms with Crippen molar-refractivity contribution in [3.8, 4) is 17.1 Å². The maximum atomic E-state index is 12.9. The number of esters is 1. The van der Waals surface area contributed by atoms with Gasteiger partial charge in [-0.3, -0.25) is 14.2 Å². The SMILES string of the molecule is C=CCn1c(SCC(=O)Nc2sc(C(=O)N(C)C)c(C)c2C(=O)OC)nnc1-c1ccc(OCC)cc1. The van der Waals surface area contributed by atoms with Gasteiger partial charge in [-0.05, 0) is 43.7 Å². The minimum Gasteiger partial charge on any atom is -0.494 e. The molecule has 0 atom stereocenters. The third kappa shape index (κ3) is 6.38. The molecule has 10 nitrogen and oxygen atoms in total. The number of rotatable bonds is 11. The molecule has 12 heteroatoms. The molecule has 0 saturated carbocycles. The Morgan fingerprint density at radius 1 is 1.22 bits per heavy atom. The van der Waals surface area contributed by atoms with Crippen LogP contribution in [-0.2, 0) is 16.1 Å². The van der Waals surface area contributed by atoms with Crippen LogP contribution in [0.3, 0.4) is 0 Å². The van der Waals surface area contributed by atoms with Crippen LogP contribution in [0, 0.1) is 6.92 Å². The molecule has 0 aliphatic rings. The Labute approximate surface area is 223 Å². The van der Waals surface area contributed by atoms with Gasteiger partial charge in [0, 0.05) is 26.2 Å². The standard InChI is InChI=1S/C25H29N5O5S2/c1-7-13-30-21(16-9-11-17(12-10-16)35-8-2)27-28-25(30)36-14-18(31)26-22-19(24(33)34-6)15(3)20(37-22)23(32)29(4)5/h7,9-12H,1,8,13-14H2,2-6H3,(H,26,31). The largest absolute Gasteiger partial charge is 0.494 e. The monoisotopic (exact) mass is 543 g/mol. The summed E-state index contributed by atoms with van der Waals surface area (Å²) in [6.45, 7) is 8.42. The number of thioether (sulfide) groups is 1. The minimum atomic E-state index is -0.625. The third-order valence-corrected chi connectivity index (χ3v) is 7.34. The van der Waals surface area contributed by atoms with Crippen molar-refractivity contribution < 1.29 is 23.9 Å². The summed E-state index contributed by atoms with van der Waals surface area (Å²) in [6, 6.07) is 7.53. The Bertz CT molecular complexity index is 1300. The van der Waals surface area contributed by atoms with E-state index in [9.17, 15) is 14.4 Å². The first-order valence-corrected chi connectivity index (χ1v) is 13.1. The highest BCUT2D eigenvalue weighted by Crippen LogP contribution is 2.34. The second-order valence-corrected chi connectivity index (χ2v) is 9.91. The number of nitrogens with one attached hydrogen (secondary N) is 1. The fraction of sp³-hybridized carbons (Fsp3) is 0.320. The number of thiophene rings is 1. The Morgan fingerprint density at radius 3 is 2.51 bits per heavy atom. The highest BCUT2D eigenvalue weighted by atomic mass is 32.2. The molecule has 2 aromatic heterocycles. The van der Waals surface area contributed by atoms with Crippen molar-refractivity contribution in [2.75, 3.05) is 38.9 Å². The molecule has 196 valence electrons. The topological polar surface area (TPSA) is 116 Å². The molecule has 37 heavy (non-hydrogen) atoms. The molecule has 0 radical (unpaired) electrons. The van der Waals surface area contributed by atoms with Crippen LogP contribution in [0.1, 0.15) is 32.5 Å². The quantitative estimate of drug-likeness (QED) is 0.218. The number of benzene rings is 1. The van der Waals surface area contributed by atoms with Gasteiger partial charge in [-0.2, -0.15) is 0 Å². The summed E-state index contributed by atoms with van der Waals surface area (Å²) in [6.07, 6.45) is 1.73. The number of allylic oxidation sites excluding steroid dienone is 1. The van der Waals surface area contributed by atoms with Gasteiger partial charge in [0.05, 0.1) is 29.9 Å². The number of hydrogen-bond donors (Lipinski definition) is 1. The Balaban J connectivity index is 1.79. The highest BCUT2D eigenvalue weighted by molar-refractivity contribution is 7.99. The summed E-state index contributed by atoms with van der Waals surface area (Å²) < 4.78 is 12.2. The first-order valence-electron chi connectivity index (χ1n) is 11.3. The number of hydrogen-bond acceptors (Lipinski definition) is 9. The van der Waals surface area contributed by atoms with Crippen LogP contribution in [0.15, 0.2) is 42.1 Å². The molecule has 3 rings (SSSR count). The van der Waals surface area contributed by atoms with Gasteiger partial charge < -0.3 is 19.7 Å². The summed E-state index contributed by atoms with van der Waals surface area (Å²) in [4.78, 5) is 39.6. The Morgan fingerprint density at radius 2 is 1.92 bits per heavy atom. The van der Waals surface area contributed by atoms with E-state index in [2.05, 4.69) is 22.1 Å². The number of amides is 2. The van der Waals surface area contributed by atoms with Crippen LogP contribution in [-0.4, -0.2) is 71.0 Å². The summed E-state index contributed by atoms with van der Waals surface area (Å²) in [5.74, 6) is 0.156. The maximum absolute atomic E-state index is 12.9. The van der Waals surface area contributed by atoms with Crippen LogP contribution in [0.4, 0.5) is 5.00 Å². The van der Waals surface area contributed by atoms with Crippen molar-refractivity contribution >= 4 is 45.9 Å². The lowest BCUT2D eigenvalue weighted by Gasteiger charge is -2.09. The molecule has 1 aromatic carbocycles. The van der Waals surface area contributed by atoms with E-state index in [4.69, 9.17) is 9.47 Å². The van der Waals surface area contributed by atoms with E-state index in [1.54, 1.807) is 27.1 Å². The Hall–Kier alpha value is -3.64. The second kappa shape index (κ2) is 12.5. The number of anilines is 1. The van der Waals surface area contributed by atoms with Crippen LogP contribution in [0.2, 0.25) is 0 Å². The zero-order chi connectivity index (χ0) is 27.1. The molecule has 2 amide bonds. The molecule has 0 aliphatic heterocycles. The molecule has 0 aliphatic carbocycles. The molecule has 0 fully saturated rings. The smallest absolute Gasteiger partial charge is 0.341 e. The molecule has 0 saturated heterocycles. The lowest BCUT2D eigenvalue weighted by molar-refractivity contribution is -0.113. The molecular formula is C25H29N5O5S2. The van der Waals surface area contributed by atoms with E-state index in [-0.39, 0.29) is 28.1 Å². The average molecular weight is 544 g/mol. The summed E-state index contributed by atoms with van der Waals surface area (Å²) in [5.41, 5.74) is 1.48. The molecule has 3 aromatic rings. The van der Waals surface area contributed by atoms with Crippen molar-refractivity contribution in [2.45, 2.75) is 25.5 Å². The van der Waals surface area contributed by atoms with E-state index in [0.29, 0.717) is 34.6 Å². The van der Waals surface area contributed by atoms with Gasteiger partial charge in [0.2, 0.25) is 5.91 Å². The fourth-order valence-electron chi connectivity index (χ4n) is 3.42. The van der Waals surface area contributed by atoms with E-state index < -0.39 is 5.97 Å². The normalized spacial score (nSPS) is 10.6. The van der Waals surface area contributed by atoms with Crippen LogP contribution in [0.25, 0.3) is 11.4 Å². The molecular weight excluding hydrogens is 514 g/mol. The number of methoxy groups -OCH3 is 1. The molecule has 0 unspecified atom stereocenters. The van der Waals surface area contributed by atoms with Crippen molar-refractivity contribution in [3.63, 3.8) is 0 Å². The zero-order valence-corrected chi connectivity index (χ0v) is 23.0. The van der Waals surface area contributed by atoms with Crippen molar-refractivity contribution in [1.82, 2.24) is 19.7 Å². The van der Waals surface area contributed by atoms with Crippen molar-refractivity contribution in [3.05, 3.63) is 52.9 Å². The summed E-state index contributed by atoms with van der Waals surface area (Å²) >= 11 is 2.25. The van der Waals surface area contributed by atoms with Crippen LogP contribution < -0.4 is 10.1 Å². The van der Waals surface area contributed by atoms with E-state index in [1.807, 2.05) is 35.8 Å². The van der Waals surface area contributed by atoms with Crippen molar-refractivity contribution in [1.29, 1.82) is 0 Å². The second-order valence-electron chi connectivity index (χ2n) is 7.95. The number of carbonyl (C=O) groups is 3. The predicted molar refractivity (Wildman–Crippen MR) is 145 cm³/mol. The summed E-state index contributed by atoms with van der Waals surface area (Å²) in [7, 11) is 4.49. The van der Waals surface area contributed by atoms with E-state index >= 15 is 0 Å². The minimum absolute atomic E-state index is 0.00702. The van der Waals surface area contributed by atoms with Gasteiger partial charge in [-0.1, -0.05) is 17.8 Å². The Kier molecular flexibility index (Phi) is 9.48. The van der Waals surface area contributed by atoms with E-state index in [0.717, 1.165) is 22.6 Å². The first kappa shape index (κ1) is 27.9. The number of nitrogens with zero attached hydrogens (tertiary/aromatic N) is 4. The van der Waals surface area contributed by atoms with Crippen LogP contribution in [0.5, 0.6) is 5.75 Å². The lowest BCUT2D eigenvalue weighted by atomic mass is 10.1. The molecule has 1 N–H and O–H groups in total. The van der Waals surface area contributed by atoms with Gasteiger partial charge in [-0.15, -0.1) is 28.1 Å². The first-order chi connectivity index (χ1) is 17.7. The lowest BCUT2D eigenvalue weighted by Crippen LogP contribution is -2.21. The highest BCUT2D eigenvalue weighted by Gasteiger charge is 2.27. The third-order valence-electron chi connectivity index (χ3n) is 5.17. The molecule has 2 heterocycles. The fourth-order valence-corrected chi connectivity index (χ4v) is 5.40. The van der Waals surface area contributed by atoms with Crippen molar-refractivity contribution in [2.24, 2.45) is 0 Å². The van der Waals surface area contributed by atoms with Gasteiger partial charge in [0.1, 0.15) is 10.8 Å². The number of carbonyl (C=O) groups excluding carboxylic acids is 3. The number of ether oxygens (including phenoxy) is 2. The molecule has 0 bridgehead atoms. The van der Waals surface area contributed by atoms with E-state index in [1.165, 1.54) is 23.8 Å². The van der Waals surface area contributed by atoms with Gasteiger partial charge in [-0.25, -0.2) is 4.79 Å². The summed E-state index contributed by atoms with van der Waals surface area (Å²) in [5, 5.41) is 12.1. The maximum Gasteiger partial charge on any atom is 0.341 e. The molecule has 0 spiro atoms.